The number of aryl methyl sites for hydroxylation is 2. The highest BCUT2D eigenvalue weighted by atomic mass is 79.9. The zero-order valence-corrected chi connectivity index (χ0v) is 18.4. The summed E-state index contributed by atoms with van der Waals surface area (Å²) in [6.45, 7) is 8.33. The number of halogens is 1. The third-order valence-corrected chi connectivity index (χ3v) is 5.14. The molecule has 0 bridgehead atoms. The van der Waals surface area contributed by atoms with Gasteiger partial charge in [0.25, 0.3) is 5.91 Å². The summed E-state index contributed by atoms with van der Waals surface area (Å²) >= 11 is 3.47. The van der Waals surface area contributed by atoms with E-state index < -0.39 is 5.60 Å². The van der Waals surface area contributed by atoms with Crippen LogP contribution in [0.5, 0.6) is 0 Å². The average Bonchev–Trinajstić information content (AvgIpc) is 2.92. The van der Waals surface area contributed by atoms with E-state index in [0.29, 0.717) is 30.9 Å². The fourth-order valence-corrected chi connectivity index (χ4v) is 3.75. The maximum atomic E-state index is 12.9. The van der Waals surface area contributed by atoms with Crippen LogP contribution in [0.3, 0.4) is 0 Å². The molecule has 0 fully saturated rings. The summed E-state index contributed by atoms with van der Waals surface area (Å²) in [4.78, 5) is 27.0. The molecule has 3 rings (SSSR count). The third kappa shape index (κ3) is 4.38. The first kappa shape index (κ1) is 20.4. The molecule has 2 amide bonds. The largest absolute Gasteiger partial charge is 0.444 e. The number of carbonyl (C=O) groups excluding carboxylic acids is 2. The van der Waals surface area contributed by atoms with Crippen molar-refractivity contribution < 1.29 is 14.3 Å². The predicted molar refractivity (Wildman–Crippen MR) is 110 cm³/mol. The van der Waals surface area contributed by atoms with Crippen molar-refractivity contribution in [2.24, 2.45) is 7.05 Å². The minimum atomic E-state index is -0.565. The van der Waals surface area contributed by atoms with Gasteiger partial charge in [-0.25, -0.2) is 4.79 Å². The molecule has 2 heterocycles. The van der Waals surface area contributed by atoms with E-state index in [1.807, 2.05) is 52.9 Å². The SMILES string of the molecule is Cc1ccc(NC(=O)c2nn(C)c3c2CN(C(=O)OC(C)(C)C)CC3)c(Br)c1. The Hall–Kier alpha value is -2.35. The molecule has 1 aromatic heterocycles. The van der Waals surface area contributed by atoms with Gasteiger partial charge in [0, 0.05) is 35.7 Å². The molecule has 0 radical (unpaired) electrons. The molecule has 1 aliphatic heterocycles. The van der Waals surface area contributed by atoms with Crippen molar-refractivity contribution in [1.82, 2.24) is 14.7 Å². The standard InChI is InChI=1S/C20H25BrN4O3/c1-12-6-7-15(14(21)10-12)22-18(26)17-13-11-25(19(27)28-20(2,3)4)9-8-16(13)24(5)23-17/h6-7,10H,8-9,11H2,1-5H3,(H,22,26). The Balaban J connectivity index is 1.83. The van der Waals surface area contributed by atoms with Gasteiger partial charge in [-0.05, 0) is 61.3 Å². The van der Waals surface area contributed by atoms with E-state index in [9.17, 15) is 9.59 Å². The van der Waals surface area contributed by atoms with E-state index >= 15 is 0 Å². The Labute approximate surface area is 173 Å². The number of aromatic nitrogens is 2. The zero-order valence-electron chi connectivity index (χ0n) is 16.8. The first-order valence-electron chi connectivity index (χ1n) is 9.15. The van der Waals surface area contributed by atoms with E-state index in [1.165, 1.54) is 0 Å². The fourth-order valence-electron chi connectivity index (χ4n) is 3.16. The number of nitrogens with zero attached hydrogens (tertiary/aromatic N) is 3. The second-order valence-electron chi connectivity index (χ2n) is 7.99. The van der Waals surface area contributed by atoms with Crippen molar-refractivity contribution in [1.29, 1.82) is 0 Å². The number of ether oxygens (including phenoxy) is 1. The van der Waals surface area contributed by atoms with Gasteiger partial charge in [0.05, 0.1) is 12.2 Å². The molecular weight excluding hydrogens is 424 g/mol. The lowest BCUT2D eigenvalue weighted by Gasteiger charge is -2.30. The zero-order chi connectivity index (χ0) is 20.6. The number of benzene rings is 1. The highest BCUT2D eigenvalue weighted by Gasteiger charge is 2.31. The van der Waals surface area contributed by atoms with Gasteiger partial charge in [-0.3, -0.25) is 9.48 Å². The highest BCUT2D eigenvalue weighted by molar-refractivity contribution is 9.10. The second kappa shape index (κ2) is 7.58. The van der Waals surface area contributed by atoms with Crippen LogP contribution in [0.1, 0.15) is 48.1 Å². The number of rotatable bonds is 2. The molecular formula is C20H25BrN4O3. The molecule has 0 saturated carbocycles. The topological polar surface area (TPSA) is 76.5 Å². The van der Waals surface area contributed by atoms with Crippen LogP contribution in [-0.4, -0.2) is 38.8 Å². The summed E-state index contributed by atoms with van der Waals surface area (Å²) in [5.74, 6) is -0.299. The Bertz CT molecular complexity index is 930. The van der Waals surface area contributed by atoms with Gasteiger partial charge < -0.3 is 15.0 Å². The summed E-state index contributed by atoms with van der Waals surface area (Å²) in [5, 5.41) is 7.32. The molecule has 8 heteroatoms. The highest BCUT2D eigenvalue weighted by Crippen LogP contribution is 2.27. The normalized spacial score (nSPS) is 13.9. The summed E-state index contributed by atoms with van der Waals surface area (Å²) in [6.07, 6.45) is 0.245. The van der Waals surface area contributed by atoms with Crippen LogP contribution in [0.25, 0.3) is 0 Å². The third-order valence-electron chi connectivity index (χ3n) is 4.48. The van der Waals surface area contributed by atoms with E-state index in [0.717, 1.165) is 21.3 Å². The van der Waals surface area contributed by atoms with Crippen LogP contribution in [0.4, 0.5) is 10.5 Å². The lowest BCUT2D eigenvalue weighted by Crippen LogP contribution is -2.40. The monoisotopic (exact) mass is 448 g/mol. The van der Waals surface area contributed by atoms with Crippen LogP contribution < -0.4 is 5.32 Å². The fraction of sp³-hybridized carbons (Fsp3) is 0.450. The minimum Gasteiger partial charge on any atom is -0.444 e. The van der Waals surface area contributed by atoms with Crippen LogP contribution in [-0.2, 0) is 24.8 Å². The number of anilines is 1. The van der Waals surface area contributed by atoms with Gasteiger partial charge in [-0.1, -0.05) is 6.07 Å². The van der Waals surface area contributed by atoms with Crippen molar-refractivity contribution in [3.8, 4) is 0 Å². The van der Waals surface area contributed by atoms with E-state index in [2.05, 4.69) is 26.3 Å². The Morgan fingerprint density at radius 1 is 1.29 bits per heavy atom. The van der Waals surface area contributed by atoms with Crippen molar-refractivity contribution in [2.45, 2.75) is 46.3 Å². The maximum Gasteiger partial charge on any atom is 0.410 e. The average molecular weight is 449 g/mol. The Kier molecular flexibility index (Phi) is 5.52. The quantitative estimate of drug-likeness (QED) is 0.751. The van der Waals surface area contributed by atoms with Crippen LogP contribution in [0.15, 0.2) is 22.7 Å². The van der Waals surface area contributed by atoms with Gasteiger partial charge in [-0.2, -0.15) is 5.10 Å². The number of amides is 2. The van der Waals surface area contributed by atoms with Crippen molar-refractivity contribution in [2.75, 3.05) is 11.9 Å². The summed E-state index contributed by atoms with van der Waals surface area (Å²) in [7, 11) is 1.82. The molecule has 28 heavy (non-hydrogen) atoms. The smallest absolute Gasteiger partial charge is 0.410 e. The Morgan fingerprint density at radius 3 is 2.64 bits per heavy atom. The molecule has 150 valence electrons. The number of hydrogen-bond acceptors (Lipinski definition) is 4. The van der Waals surface area contributed by atoms with Gasteiger partial charge in [-0.15, -0.1) is 0 Å². The number of hydrogen-bond donors (Lipinski definition) is 1. The van der Waals surface area contributed by atoms with Crippen LogP contribution in [0, 0.1) is 6.92 Å². The Morgan fingerprint density at radius 2 is 2.00 bits per heavy atom. The maximum absolute atomic E-state index is 12.9. The predicted octanol–water partition coefficient (Wildman–Crippen LogP) is 4.04. The first-order valence-corrected chi connectivity index (χ1v) is 9.94. The molecule has 0 aliphatic carbocycles. The van der Waals surface area contributed by atoms with Crippen LogP contribution >= 0.6 is 15.9 Å². The molecule has 0 spiro atoms. The molecule has 1 aliphatic rings. The lowest BCUT2D eigenvalue weighted by atomic mass is 10.0. The molecule has 1 aromatic carbocycles. The van der Waals surface area contributed by atoms with Gasteiger partial charge in [0.1, 0.15) is 5.60 Å². The first-order chi connectivity index (χ1) is 13.0. The van der Waals surface area contributed by atoms with Gasteiger partial charge in [0.15, 0.2) is 5.69 Å². The molecule has 0 unspecified atom stereocenters. The number of fused-ring (bicyclic) bond motifs is 1. The minimum absolute atomic E-state index is 0.299. The van der Waals surface area contributed by atoms with E-state index in [4.69, 9.17) is 4.74 Å². The summed E-state index contributed by atoms with van der Waals surface area (Å²) in [5.41, 5.74) is 3.26. The van der Waals surface area contributed by atoms with Crippen LogP contribution in [0.2, 0.25) is 0 Å². The molecule has 2 aromatic rings. The van der Waals surface area contributed by atoms with Gasteiger partial charge >= 0.3 is 6.09 Å². The number of carbonyl (C=O) groups is 2. The van der Waals surface area contributed by atoms with Gasteiger partial charge in [0.2, 0.25) is 0 Å². The molecule has 1 N–H and O–H groups in total. The summed E-state index contributed by atoms with van der Waals surface area (Å²) in [6, 6.07) is 5.71. The van der Waals surface area contributed by atoms with E-state index in [1.54, 1.807) is 9.58 Å². The van der Waals surface area contributed by atoms with Crippen molar-refractivity contribution in [3.05, 3.63) is 45.2 Å². The molecule has 7 nitrogen and oxygen atoms in total. The lowest BCUT2D eigenvalue weighted by molar-refractivity contribution is 0.0222. The molecule has 0 atom stereocenters. The molecule has 0 saturated heterocycles. The number of nitrogens with one attached hydrogen (secondary N) is 1. The van der Waals surface area contributed by atoms with E-state index in [-0.39, 0.29) is 12.0 Å². The second-order valence-corrected chi connectivity index (χ2v) is 8.84. The van der Waals surface area contributed by atoms with Crippen molar-refractivity contribution >= 4 is 33.6 Å². The summed E-state index contributed by atoms with van der Waals surface area (Å²) < 4.78 is 8.00. The van der Waals surface area contributed by atoms with Crippen molar-refractivity contribution in [3.63, 3.8) is 0 Å².